The number of carboxylic acid groups (broad SMARTS) is 1. The van der Waals surface area contributed by atoms with Gasteiger partial charge >= 0.3 is 5.97 Å². The Kier molecular flexibility index (Phi) is 4.44. The third-order valence-electron chi connectivity index (χ3n) is 2.50. The summed E-state index contributed by atoms with van der Waals surface area (Å²) in [5.74, 6) is -0.482. The smallest absolute Gasteiger partial charge is 0.337 e. The molecule has 0 aromatic carbocycles. The van der Waals surface area contributed by atoms with E-state index in [-0.39, 0.29) is 10.6 Å². The lowest BCUT2D eigenvalue weighted by atomic mass is 10.2. The Morgan fingerprint density at radius 3 is 2.89 bits per heavy atom. The molecule has 4 nitrogen and oxygen atoms in total. The van der Waals surface area contributed by atoms with E-state index in [1.54, 1.807) is 11.3 Å². The van der Waals surface area contributed by atoms with Gasteiger partial charge in [0, 0.05) is 19.8 Å². The van der Waals surface area contributed by atoms with Crippen LogP contribution < -0.4 is 4.90 Å². The van der Waals surface area contributed by atoms with E-state index < -0.39 is 5.97 Å². The Balaban J connectivity index is 2.21. The van der Waals surface area contributed by atoms with Gasteiger partial charge in [-0.2, -0.15) is 0 Å². The van der Waals surface area contributed by atoms with Crippen molar-refractivity contribution in [3.05, 3.63) is 43.6 Å². The molecule has 0 bridgehead atoms. The second kappa shape index (κ2) is 5.90. The van der Waals surface area contributed by atoms with Crippen molar-refractivity contribution in [2.75, 3.05) is 11.9 Å². The summed E-state index contributed by atoms with van der Waals surface area (Å²) in [4.78, 5) is 17.0. The van der Waals surface area contributed by atoms with E-state index in [4.69, 9.17) is 16.7 Å². The van der Waals surface area contributed by atoms with Gasteiger partial charge in [0.2, 0.25) is 0 Å². The summed E-state index contributed by atoms with van der Waals surface area (Å²) in [7, 11) is 1.85. The van der Waals surface area contributed by atoms with Crippen molar-refractivity contribution in [1.82, 2.24) is 4.98 Å². The Morgan fingerprint density at radius 2 is 2.32 bits per heavy atom. The first kappa shape index (κ1) is 14.3. The van der Waals surface area contributed by atoms with Gasteiger partial charge in [-0.25, -0.2) is 9.78 Å². The first-order valence-electron chi connectivity index (χ1n) is 5.30. The molecule has 19 heavy (non-hydrogen) atoms. The maximum atomic E-state index is 11.0. The number of pyridine rings is 1. The number of rotatable bonds is 4. The fourth-order valence-electron chi connectivity index (χ4n) is 1.58. The number of nitrogens with zero attached hydrogens (tertiary/aromatic N) is 2. The highest BCUT2D eigenvalue weighted by atomic mass is 79.9. The monoisotopic (exact) mass is 360 g/mol. The molecule has 0 saturated carbocycles. The predicted molar refractivity (Wildman–Crippen MR) is 80.3 cm³/mol. The summed E-state index contributed by atoms with van der Waals surface area (Å²) in [6.07, 6.45) is 1.36. The number of hydrogen-bond acceptors (Lipinski definition) is 4. The summed E-state index contributed by atoms with van der Waals surface area (Å²) < 4.78 is 1.06. The third-order valence-corrected chi connectivity index (χ3v) is 4.36. The van der Waals surface area contributed by atoms with Crippen molar-refractivity contribution in [2.45, 2.75) is 6.54 Å². The van der Waals surface area contributed by atoms with Gasteiger partial charge in [0.1, 0.15) is 5.82 Å². The lowest BCUT2D eigenvalue weighted by molar-refractivity contribution is 0.0697. The van der Waals surface area contributed by atoms with E-state index in [1.165, 1.54) is 12.3 Å². The van der Waals surface area contributed by atoms with Gasteiger partial charge in [0.15, 0.2) is 0 Å². The average Bonchev–Trinajstić information content (AvgIpc) is 2.74. The molecule has 2 heterocycles. The number of carbonyl (C=O) groups is 1. The van der Waals surface area contributed by atoms with Crippen LogP contribution in [0.4, 0.5) is 5.82 Å². The zero-order valence-corrected chi connectivity index (χ0v) is 13.1. The highest BCUT2D eigenvalue weighted by Gasteiger charge is 2.13. The quantitative estimate of drug-likeness (QED) is 0.897. The van der Waals surface area contributed by atoms with Crippen molar-refractivity contribution < 1.29 is 9.90 Å². The van der Waals surface area contributed by atoms with Gasteiger partial charge < -0.3 is 10.0 Å². The SMILES string of the molecule is CN(Cc1csc(Br)c1)c1cc(C(=O)O)c(Cl)cn1. The molecule has 0 atom stereocenters. The third kappa shape index (κ3) is 3.46. The molecule has 0 amide bonds. The van der Waals surface area contributed by atoms with Crippen LogP contribution >= 0.6 is 38.9 Å². The van der Waals surface area contributed by atoms with Crippen LogP contribution in [0.5, 0.6) is 0 Å². The van der Waals surface area contributed by atoms with Gasteiger partial charge in [0.25, 0.3) is 0 Å². The fourth-order valence-corrected chi connectivity index (χ4v) is 2.97. The van der Waals surface area contributed by atoms with Crippen LogP contribution in [-0.2, 0) is 6.54 Å². The summed E-state index contributed by atoms with van der Waals surface area (Å²) in [5.41, 5.74) is 1.19. The van der Waals surface area contributed by atoms with E-state index in [9.17, 15) is 4.79 Å². The summed E-state index contributed by atoms with van der Waals surface area (Å²) >= 11 is 10.8. The zero-order chi connectivity index (χ0) is 14.0. The van der Waals surface area contributed by atoms with Crippen LogP contribution in [0.1, 0.15) is 15.9 Å². The predicted octanol–water partition coefficient (Wildman–Crippen LogP) is 3.89. The van der Waals surface area contributed by atoms with Gasteiger partial charge in [-0.3, -0.25) is 0 Å². The number of hydrogen-bond donors (Lipinski definition) is 1. The lowest BCUT2D eigenvalue weighted by Crippen LogP contribution is -2.18. The van der Waals surface area contributed by atoms with E-state index >= 15 is 0 Å². The van der Waals surface area contributed by atoms with Crippen LogP contribution in [0.3, 0.4) is 0 Å². The zero-order valence-electron chi connectivity index (χ0n) is 9.93. The first-order valence-corrected chi connectivity index (χ1v) is 7.35. The van der Waals surface area contributed by atoms with Crippen LogP contribution in [0.15, 0.2) is 27.5 Å². The molecule has 2 aromatic heterocycles. The molecule has 0 aliphatic rings. The standard InChI is InChI=1S/C12H10BrClN2O2S/c1-16(5-7-2-10(13)19-6-7)11-3-8(12(17)18)9(14)4-15-11/h2-4,6H,5H2,1H3,(H,17,18). The number of anilines is 1. The maximum Gasteiger partial charge on any atom is 0.337 e. The molecule has 0 fully saturated rings. The van der Waals surface area contributed by atoms with Crippen LogP contribution in [-0.4, -0.2) is 23.1 Å². The maximum absolute atomic E-state index is 11.0. The van der Waals surface area contributed by atoms with E-state index in [2.05, 4.69) is 20.9 Å². The fraction of sp³-hybridized carbons (Fsp3) is 0.167. The second-order valence-electron chi connectivity index (χ2n) is 3.94. The Bertz CT molecular complexity index is 618. The lowest BCUT2D eigenvalue weighted by Gasteiger charge is -2.18. The molecule has 0 saturated heterocycles. The normalized spacial score (nSPS) is 10.5. The molecule has 0 aliphatic heterocycles. The molecule has 2 rings (SSSR count). The Labute approximate surface area is 127 Å². The Morgan fingerprint density at radius 1 is 1.58 bits per heavy atom. The van der Waals surface area contributed by atoms with Crippen LogP contribution in [0, 0.1) is 0 Å². The van der Waals surface area contributed by atoms with Crippen LogP contribution in [0.25, 0.3) is 0 Å². The highest BCUT2D eigenvalue weighted by molar-refractivity contribution is 9.11. The second-order valence-corrected chi connectivity index (χ2v) is 6.64. The van der Waals surface area contributed by atoms with Crippen molar-refractivity contribution in [3.63, 3.8) is 0 Å². The molecule has 7 heteroatoms. The summed E-state index contributed by atoms with van der Waals surface area (Å²) in [5, 5.41) is 11.2. The van der Waals surface area contributed by atoms with Gasteiger partial charge in [0.05, 0.1) is 14.4 Å². The molecule has 2 aromatic rings. The van der Waals surface area contributed by atoms with E-state index in [0.717, 1.165) is 9.35 Å². The topological polar surface area (TPSA) is 53.4 Å². The minimum atomic E-state index is -1.06. The molecule has 100 valence electrons. The van der Waals surface area contributed by atoms with Gasteiger partial charge in [-0.1, -0.05) is 11.6 Å². The van der Waals surface area contributed by atoms with Crippen molar-refractivity contribution in [3.8, 4) is 0 Å². The Hall–Kier alpha value is -1.11. The first-order chi connectivity index (χ1) is 8.97. The van der Waals surface area contributed by atoms with Crippen molar-refractivity contribution >= 4 is 50.7 Å². The van der Waals surface area contributed by atoms with Crippen LogP contribution in [0.2, 0.25) is 5.02 Å². The van der Waals surface area contributed by atoms with Gasteiger partial charge in [-0.15, -0.1) is 11.3 Å². The molecular formula is C12H10BrClN2O2S. The minimum absolute atomic E-state index is 0.0602. The number of carboxylic acids is 1. The van der Waals surface area contributed by atoms with Crippen molar-refractivity contribution in [2.24, 2.45) is 0 Å². The molecule has 0 aliphatic carbocycles. The number of aromatic carboxylic acids is 1. The molecule has 0 unspecified atom stereocenters. The number of aromatic nitrogens is 1. The largest absolute Gasteiger partial charge is 0.478 e. The summed E-state index contributed by atoms with van der Waals surface area (Å²) in [6.45, 7) is 0.649. The van der Waals surface area contributed by atoms with Crippen molar-refractivity contribution in [1.29, 1.82) is 0 Å². The molecular weight excluding hydrogens is 352 g/mol. The number of halogens is 2. The number of thiophene rings is 1. The average molecular weight is 362 g/mol. The highest BCUT2D eigenvalue weighted by Crippen LogP contribution is 2.24. The molecule has 1 N–H and O–H groups in total. The summed E-state index contributed by atoms with van der Waals surface area (Å²) in [6, 6.07) is 3.50. The van der Waals surface area contributed by atoms with Gasteiger partial charge in [-0.05, 0) is 39.0 Å². The van der Waals surface area contributed by atoms with E-state index in [1.807, 2.05) is 23.4 Å². The molecule has 0 spiro atoms. The molecule has 0 radical (unpaired) electrons. The van der Waals surface area contributed by atoms with E-state index in [0.29, 0.717) is 12.4 Å². The minimum Gasteiger partial charge on any atom is -0.478 e.